The molecule has 1 aromatic carbocycles. The number of carbonyl (C=O) groups is 2. The maximum atomic E-state index is 12.7. The Kier molecular flexibility index (Phi) is 3.24. The molecule has 1 spiro atoms. The molecule has 0 aromatic heterocycles. The normalized spacial score (nSPS) is 21.4. The van der Waals surface area contributed by atoms with Crippen LogP contribution >= 0.6 is 0 Å². The smallest absolute Gasteiger partial charge is 0.249 e. The van der Waals surface area contributed by atoms with Crippen molar-refractivity contribution in [2.45, 2.75) is 44.7 Å². The largest absolute Gasteiger partial charge is 0.340 e. The summed E-state index contributed by atoms with van der Waals surface area (Å²) in [6.07, 6.45) is 3.60. The third-order valence-corrected chi connectivity index (χ3v) is 4.36. The Morgan fingerprint density at radius 2 is 1.80 bits per heavy atom. The first-order valence-corrected chi connectivity index (χ1v) is 7.25. The third-order valence-electron chi connectivity index (χ3n) is 4.36. The average molecular weight is 272 g/mol. The van der Waals surface area contributed by atoms with Gasteiger partial charge in [0.15, 0.2) is 0 Å². The van der Waals surface area contributed by atoms with Gasteiger partial charge in [-0.05, 0) is 25.3 Å². The summed E-state index contributed by atoms with van der Waals surface area (Å²) in [5.74, 6) is 0.0637. The Labute approximate surface area is 119 Å². The molecule has 0 unspecified atom stereocenters. The van der Waals surface area contributed by atoms with Gasteiger partial charge >= 0.3 is 0 Å². The van der Waals surface area contributed by atoms with Gasteiger partial charge < -0.3 is 10.2 Å². The average Bonchev–Trinajstić information content (AvgIpc) is 2.87. The second kappa shape index (κ2) is 4.93. The van der Waals surface area contributed by atoms with Gasteiger partial charge in [0.2, 0.25) is 11.8 Å². The molecule has 1 aliphatic heterocycles. The summed E-state index contributed by atoms with van der Waals surface area (Å²) in [6.45, 7) is 2.74. The number of rotatable bonds is 2. The van der Waals surface area contributed by atoms with Crippen molar-refractivity contribution < 1.29 is 9.59 Å². The minimum atomic E-state index is -0.611. The summed E-state index contributed by atoms with van der Waals surface area (Å²) in [7, 11) is 0. The van der Waals surface area contributed by atoms with Gasteiger partial charge in [0.1, 0.15) is 5.54 Å². The Balaban J connectivity index is 1.79. The number of carbonyl (C=O) groups excluding carboxylic acids is 2. The van der Waals surface area contributed by atoms with Crippen LogP contribution in [0.1, 0.15) is 36.8 Å². The number of benzene rings is 1. The van der Waals surface area contributed by atoms with E-state index >= 15 is 0 Å². The van der Waals surface area contributed by atoms with E-state index in [9.17, 15) is 9.59 Å². The first-order valence-electron chi connectivity index (χ1n) is 7.25. The number of nitrogens with one attached hydrogen (secondary N) is 1. The van der Waals surface area contributed by atoms with E-state index in [1.165, 1.54) is 5.56 Å². The molecule has 106 valence electrons. The first-order chi connectivity index (χ1) is 9.59. The number of hydrogen-bond acceptors (Lipinski definition) is 2. The molecule has 4 nitrogen and oxygen atoms in total. The lowest BCUT2D eigenvalue weighted by Crippen LogP contribution is -2.65. The zero-order valence-electron chi connectivity index (χ0n) is 11.8. The predicted molar refractivity (Wildman–Crippen MR) is 75.9 cm³/mol. The van der Waals surface area contributed by atoms with Crippen LogP contribution in [0, 0.1) is 6.92 Å². The Hall–Kier alpha value is -1.84. The van der Waals surface area contributed by atoms with E-state index in [-0.39, 0.29) is 18.4 Å². The van der Waals surface area contributed by atoms with Crippen LogP contribution in [0.3, 0.4) is 0 Å². The van der Waals surface area contributed by atoms with Crippen molar-refractivity contribution in [3.05, 3.63) is 35.4 Å². The van der Waals surface area contributed by atoms with Crippen molar-refractivity contribution in [1.29, 1.82) is 0 Å². The summed E-state index contributed by atoms with van der Waals surface area (Å²) in [5.41, 5.74) is 1.66. The SMILES string of the molecule is Cc1ccc(CN2CC(=O)NC3(CCCC3)C2=O)cc1. The number of hydrogen-bond donors (Lipinski definition) is 1. The minimum absolute atomic E-state index is 0.0291. The minimum Gasteiger partial charge on any atom is -0.340 e. The Morgan fingerprint density at radius 1 is 1.15 bits per heavy atom. The van der Waals surface area contributed by atoms with E-state index in [0.29, 0.717) is 6.54 Å². The zero-order valence-corrected chi connectivity index (χ0v) is 11.8. The van der Waals surface area contributed by atoms with Gasteiger partial charge in [0.25, 0.3) is 0 Å². The molecule has 1 aromatic rings. The molecular formula is C16H20N2O2. The number of nitrogens with zero attached hydrogens (tertiary/aromatic N) is 1. The van der Waals surface area contributed by atoms with Gasteiger partial charge in [0.05, 0.1) is 6.54 Å². The number of piperazine rings is 1. The van der Waals surface area contributed by atoms with Crippen molar-refractivity contribution in [2.75, 3.05) is 6.54 Å². The summed E-state index contributed by atoms with van der Waals surface area (Å²) in [4.78, 5) is 26.3. The van der Waals surface area contributed by atoms with Gasteiger partial charge in [-0.25, -0.2) is 0 Å². The van der Waals surface area contributed by atoms with E-state index in [1.54, 1.807) is 4.90 Å². The van der Waals surface area contributed by atoms with Gasteiger partial charge in [0, 0.05) is 6.54 Å². The van der Waals surface area contributed by atoms with Crippen LogP contribution in [0.15, 0.2) is 24.3 Å². The molecule has 2 aliphatic rings. The maximum Gasteiger partial charge on any atom is 0.249 e. The molecule has 0 radical (unpaired) electrons. The Morgan fingerprint density at radius 3 is 2.45 bits per heavy atom. The fourth-order valence-electron chi connectivity index (χ4n) is 3.27. The van der Waals surface area contributed by atoms with Crippen LogP contribution in [0.5, 0.6) is 0 Å². The molecule has 1 saturated heterocycles. The van der Waals surface area contributed by atoms with Crippen LogP contribution in [-0.2, 0) is 16.1 Å². The predicted octanol–water partition coefficient (Wildman–Crippen LogP) is 1.77. The molecule has 2 fully saturated rings. The highest BCUT2D eigenvalue weighted by Crippen LogP contribution is 2.33. The molecule has 1 N–H and O–H groups in total. The fraction of sp³-hybridized carbons (Fsp3) is 0.500. The summed E-state index contributed by atoms with van der Waals surface area (Å²) < 4.78 is 0. The quantitative estimate of drug-likeness (QED) is 0.892. The monoisotopic (exact) mass is 272 g/mol. The highest BCUT2D eigenvalue weighted by molar-refractivity contribution is 5.98. The van der Waals surface area contributed by atoms with Crippen molar-refractivity contribution in [1.82, 2.24) is 10.2 Å². The van der Waals surface area contributed by atoms with E-state index in [0.717, 1.165) is 31.2 Å². The standard InChI is InChI=1S/C16H20N2O2/c1-12-4-6-13(7-5-12)10-18-11-14(19)17-16(15(18)20)8-2-3-9-16/h4-7H,2-3,8-11H2,1H3,(H,17,19). The summed E-state index contributed by atoms with van der Waals surface area (Å²) in [6, 6.07) is 8.12. The Bertz CT molecular complexity index is 530. The molecule has 0 atom stereocenters. The molecule has 4 heteroatoms. The van der Waals surface area contributed by atoms with Crippen LogP contribution in [0.25, 0.3) is 0 Å². The lowest BCUT2D eigenvalue weighted by molar-refractivity contribution is -0.150. The lowest BCUT2D eigenvalue weighted by atomic mass is 9.93. The molecule has 2 amide bonds. The van der Waals surface area contributed by atoms with Crippen molar-refractivity contribution in [3.63, 3.8) is 0 Å². The van der Waals surface area contributed by atoms with Crippen molar-refractivity contribution >= 4 is 11.8 Å². The van der Waals surface area contributed by atoms with Crippen LogP contribution < -0.4 is 5.32 Å². The summed E-state index contributed by atoms with van der Waals surface area (Å²) >= 11 is 0. The maximum absolute atomic E-state index is 12.7. The molecule has 1 aliphatic carbocycles. The second-order valence-corrected chi connectivity index (χ2v) is 5.98. The van der Waals surface area contributed by atoms with Gasteiger partial charge in [-0.1, -0.05) is 42.7 Å². The topological polar surface area (TPSA) is 49.4 Å². The highest BCUT2D eigenvalue weighted by atomic mass is 16.2. The van der Waals surface area contributed by atoms with Crippen LogP contribution in [0.2, 0.25) is 0 Å². The molecule has 0 bridgehead atoms. The molecule has 20 heavy (non-hydrogen) atoms. The van der Waals surface area contributed by atoms with E-state index in [1.807, 2.05) is 31.2 Å². The van der Waals surface area contributed by atoms with Crippen molar-refractivity contribution in [3.8, 4) is 0 Å². The van der Waals surface area contributed by atoms with Crippen LogP contribution in [-0.4, -0.2) is 28.8 Å². The second-order valence-electron chi connectivity index (χ2n) is 5.98. The van der Waals surface area contributed by atoms with E-state index < -0.39 is 5.54 Å². The number of amides is 2. The summed E-state index contributed by atoms with van der Waals surface area (Å²) in [5, 5.41) is 2.94. The van der Waals surface area contributed by atoms with E-state index in [4.69, 9.17) is 0 Å². The fourth-order valence-corrected chi connectivity index (χ4v) is 3.27. The molecule has 3 rings (SSSR count). The van der Waals surface area contributed by atoms with Crippen LogP contribution in [0.4, 0.5) is 0 Å². The third kappa shape index (κ3) is 2.30. The highest BCUT2D eigenvalue weighted by Gasteiger charge is 2.48. The van der Waals surface area contributed by atoms with Gasteiger partial charge in [-0.3, -0.25) is 9.59 Å². The molecule has 1 heterocycles. The lowest BCUT2D eigenvalue weighted by Gasteiger charge is -2.39. The molecule has 1 saturated carbocycles. The van der Waals surface area contributed by atoms with E-state index in [2.05, 4.69) is 5.32 Å². The first kappa shape index (κ1) is 13.2. The van der Waals surface area contributed by atoms with Gasteiger partial charge in [-0.2, -0.15) is 0 Å². The van der Waals surface area contributed by atoms with Gasteiger partial charge in [-0.15, -0.1) is 0 Å². The zero-order chi connectivity index (χ0) is 14.2. The number of aryl methyl sites for hydroxylation is 1. The van der Waals surface area contributed by atoms with Crippen molar-refractivity contribution in [2.24, 2.45) is 0 Å². The molecular weight excluding hydrogens is 252 g/mol.